The van der Waals surface area contributed by atoms with E-state index < -0.39 is 0 Å². The Hall–Kier alpha value is -2.04. The van der Waals surface area contributed by atoms with E-state index in [1.807, 2.05) is 39.0 Å². The number of carbonyl (C=O) groups excluding carboxylic acids is 1. The number of aryl methyl sites for hydroxylation is 1. The summed E-state index contributed by atoms with van der Waals surface area (Å²) in [4.78, 5) is 11.7. The van der Waals surface area contributed by atoms with Crippen LogP contribution in [0, 0.1) is 6.92 Å². The summed E-state index contributed by atoms with van der Waals surface area (Å²) < 4.78 is 5.54. The highest BCUT2D eigenvalue weighted by Crippen LogP contribution is 2.21. The Morgan fingerprint density at radius 3 is 2.80 bits per heavy atom. The summed E-state index contributed by atoms with van der Waals surface area (Å²) in [5.74, 6) is 0.380. The predicted molar refractivity (Wildman–Crippen MR) is 78.6 cm³/mol. The highest BCUT2D eigenvalue weighted by atomic mass is 16.5. The van der Waals surface area contributed by atoms with Crippen LogP contribution in [0.25, 0.3) is 0 Å². The largest absolute Gasteiger partial charge is 0.483 e. The molecule has 1 atom stereocenters. The second kappa shape index (κ2) is 7.53. The molecule has 1 aromatic carbocycles. The number of amides is 1. The van der Waals surface area contributed by atoms with Crippen molar-refractivity contribution in [3.63, 3.8) is 0 Å². The van der Waals surface area contributed by atoms with Gasteiger partial charge in [-0.25, -0.2) is 0 Å². The van der Waals surface area contributed by atoms with Crippen LogP contribution in [0.5, 0.6) is 5.75 Å². The van der Waals surface area contributed by atoms with Gasteiger partial charge in [0.05, 0.1) is 5.71 Å². The molecule has 0 bridgehead atoms. The topological polar surface area (TPSA) is 70.9 Å². The number of oxime groups is 1. The summed E-state index contributed by atoms with van der Waals surface area (Å²) in [5, 5.41) is 14.9. The third kappa shape index (κ3) is 4.57. The Morgan fingerprint density at radius 2 is 2.20 bits per heavy atom. The van der Waals surface area contributed by atoms with Gasteiger partial charge in [-0.3, -0.25) is 4.79 Å². The number of hydrogen-bond donors (Lipinski definition) is 2. The van der Waals surface area contributed by atoms with E-state index in [2.05, 4.69) is 10.5 Å². The van der Waals surface area contributed by atoms with Crippen molar-refractivity contribution in [1.82, 2.24) is 5.32 Å². The molecular weight excluding hydrogens is 256 g/mol. The van der Waals surface area contributed by atoms with Crippen LogP contribution in [0.3, 0.4) is 0 Å². The molecule has 0 fully saturated rings. The molecule has 0 spiro atoms. The van der Waals surface area contributed by atoms with Crippen LogP contribution in [-0.4, -0.2) is 29.5 Å². The summed E-state index contributed by atoms with van der Waals surface area (Å²) in [6.07, 6.45) is 0.873. The first-order valence-corrected chi connectivity index (χ1v) is 6.69. The molecule has 1 aromatic rings. The van der Waals surface area contributed by atoms with Gasteiger partial charge in [0.1, 0.15) is 5.75 Å². The number of hydrogen-bond acceptors (Lipinski definition) is 4. The number of rotatable bonds is 6. The van der Waals surface area contributed by atoms with Crippen LogP contribution in [0.15, 0.2) is 23.4 Å². The Kier molecular flexibility index (Phi) is 6.03. The normalized spacial score (nSPS) is 12.9. The van der Waals surface area contributed by atoms with Gasteiger partial charge in [0.25, 0.3) is 5.91 Å². The molecule has 0 radical (unpaired) electrons. The Morgan fingerprint density at radius 1 is 1.50 bits per heavy atom. The lowest BCUT2D eigenvalue weighted by Crippen LogP contribution is -2.35. The van der Waals surface area contributed by atoms with Crippen LogP contribution >= 0.6 is 0 Å². The third-order valence-corrected chi connectivity index (χ3v) is 3.06. The highest BCUT2D eigenvalue weighted by Gasteiger charge is 2.11. The molecule has 0 aliphatic heterocycles. The fourth-order valence-electron chi connectivity index (χ4n) is 1.66. The maximum Gasteiger partial charge on any atom is 0.258 e. The Labute approximate surface area is 119 Å². The SMILES string of the molecule is CCC(C)NC(=O)COc1cc(C)ccc1C(C)=NO. The van der Waals surface area contributed by atoms with Gasteiger partial charge in [-0.15, -0.1) is 0 Å². The van der Waals surface area contributed by atoms with Gasteiger partial charge in [0.15, 0.2) is 6.61 Å². The minimum absolute atomic E-state index is 0.0560. The summed E-state index contributed by atoms with van der Waals surface area (Å²) >= 11 is 0. The molecule has 0 saturated carbocycles. The second-order valence-electron chi connectivity index (χ2n) is 4.85. The van der Waals surface area contributed by atoms with Crippen LogP contribution in [0.1, 0.15) is 38.3 Å². The highest BCUT2D eigenvalue weighted by molar-refractivity contribution is 6.00. The number of nitrogens with zero attached hydrogens (tertiary/aromatic N) is 1. The van der Waals surface area contributed by atoms with Gasteiger partial charge in [0, 0.05) is 11.6 Å². The number of benzene rings is 1. The zero-order valence-corrected chi connectivity index (χ0v) is 12.4. The maximum absolute atomic E-state index is 11.7. The lowest BCUT2D eigenvalue weighted by atomic mass is 10.1. The molecule has 1 amide bonds. The molecule has 0 saturated heterocycles. The molecule has 20 heavy (non-hydrogen) atoms. The second-order valence-corrected chi connectivity index (χ2v) is 4.85. The fourth-order valence-corrected chi connectivity index (χ4v) is 1.66. The van der Waals surface area contributed by atoms with Gasteiger partial charge in [0.2, 0.25) is 0 Å². The molecule has 0 heterocycles. The van der Waals surface area contributed by atoms with Crippen molar-refractivity contribution in [3.8, 4) is 5.75 Å². The fraction of sp³-hybridized carbons (Fsp3) is 0.467. The predicted octanol–water partition coefficient (Wildman–Crippen LogP) is 2.49. The number of ether oxygens (including phenoxy) is 1. The molecule has 5 nitrogen and oxygen atoms in total. The molecule has 110 valence electrons. The van der Waals surface area contributed by atoms with E-state index in [4.69, 9.17) is 9.94 Å². The molecule has 0 aromatic heterocycles. The third-order valence-electron chi connectivity index (χ3n) is 3.06. The van der Waals surface area contributed by atoms with Crippen molar-refractivity contribution < 1.29 is 14.7 Å². The Balaban J connectivity index is 2.76. The first-order chi connectivity index (χ1) is 9.47. The van der Waals surface area contributed by atoms with Gasteiger partial charge >= 0.3 is 0 Å². The Bertz CT molecular complexity index is 498. The monoisotopic (exact) mass is 278 g/mol. The van der Waals surface area contributed by atoms with E-state index in [1.54, 1.807) is 6.92 Å². The minimum Gasteiger partial charge on any atom is -0.483 e. The van der Waals surface area contributed by atoms with Gasteiger partial charge in [-0.2, -0.15) is 0 Å². The van der Waals surface area contributed by atoms with Crippen molar-refractivity contribution >= 4 is 11.6 Å². The van der Waals surface area contributed by atoms with Gasteiger partial charge < -0.3 is 15.3 Å². The molecule has 1 rings (SSSR count). The average Bonchev–Trinajstić information content (AvgIpc) is 2.44. The first kappa shape index (κ1) is 16.0. The molecular formula is C15H22N2O3. The van der Waals surface area contributed by atoms with E-state index in [-0.39, 0.29) is 18.6 Å². The van der Waals surface area contributed by atoms with Crippen LogP contribution in [-0.2, 0) is 4.79 Å². The van der Waals surface area contributed by atoms with E-state index >= 15 is 0 Å². The summed E-state index contributed by atoms with van der Waals surface area (Å²) in [6.45, 7) is 7.50. The van der Waals surface area contributed by atoms with Gasteiger partial charge in [-0.1, -0.05) is 18.1 Å². The van der Waals surface area contributed by atoms with E-state index in [9.17, 15) is 4.79 Å². The molecule has 0 aliphatic rings. The van der Waals surface area contributed by atoms with E-state index in [0.717, 1.165) is 12.0 Å². The van der Waals surface area contributed by atoms with Crippen LogP contribution in [0.4, 0.5) is 0 Å². The van der Waals surface area contributed by atoms with Crippen molar-refractivity contribution in [2.24, 2.45) is 5.16 Å². The molecule has 2 N–H and O–H groups in total. The van der Waals surface area contributed by atoms with Crippen LogP contribution < -0.4 is 10.1 Å². The molecule has 1 unspecified atom stereocenters. The summed E-state index contributed by atoms with van der Waals surface area (Å²) in [5.41, 5.74) is 2.13. The summed E-state index contributed by atoms with van der Waals surface area (Å²) in [7, 11) is 0. The van der Waals surface area contributed by atoms with Crippen LogP contribution in [0.2, 0.25) is 0 Å². The first-order valence-electron chi connectivity index (χ1n) is 6.69. The van der Waals surface area contributed by atoms with Crippen molar-refractivity contribution in [2.45, 2.75) is 40.2 Å². The lowest BCUT2D eigenvalue weighted by molar-refractivity contribution is -0.123. The average molecular weight is 278 g/mol. The maximum atomic E-state index is 11.7. The van der Waals surface area contributed by atoms with Crippen molar-refractivity contribution in [3.05, 3.63) is 29.3 Å². The lowest BCUT2D eigenvalue weighted by Gasteiger charge is -2.14. The summed E-state index contributed by atoms with van der Waals surface area (Å²) in [6, 6.07) is 5.66. The molecule has 5 heteroatoms. The zero-order chi connectivity index (χ0) is 15.1. The quantitative estimate of drug-likeness (QED) is 0.477. The van der Waals surface area contributed by atoms with Crippen molar-refractivity contribution in [1.29, 1.82) is 0 Å². The van der Waals surface area contributed by atoms with Gasteiger partial charge in [-0.05, 0) is 44.9 Å². The minimum atomic E-state index is -0.162. The van der Waals surface area contributed by atoms with E-state index in [0.29, 0.717) is 17.0 Å². The van der Waals surface area contributed by atoms with E-state index in [1.165, 1.54) is 0 Å². The zero-order valence-electron chi connectivity index (χ0n) is 12.4. The number of carbonyl (C=O) groups is 1. The molecule has 0 aliphatic carbocycles. The number of nitrogens with one attached hydrogen (secondary N) is 1. The van der Waals surface area contributed by atoms with Crippen molar-refractivity contribution in [2.75, 3.05) is 6.61 Å². The smallest absolute Gasteiger partial charge is 0.258 e. The standard InChI is InChI=1S/C15H22N2O3/c1-5-11(3)16-15(18)9-20-14-8-10(2)6-7-13(14)12(4)17-19/h6-8,11,19H,5,9H2,1-4H3,(H,16,18).